The Hall–Kier alpha value is -2.53. The Labute approximate surface area is 125 Å². The van der Waals surface area contributed by atoms with Crippen molar-refractivity contribution in [2.45, 2.75) is 4.90 Å². The van der Waals surface area contributed by atoms with Gasteiger partial charge in [0.25, 0.3) is 10.0 Å². The minimum Gasteiger partial charge on any atom is -0.269 e. The first-order valence-corrected chi connectivity index (χ1v) is 7.35. The smallest absolute Gasteiger partial charge is 0.267 e. The zero-order valence-corrected chi connectivity index (χ0v) is 12.0. The van der Waals surface area contributed by atoms with E-state index < -0.39 is 32.4 Å². The van der Waals surface area contributed by atoms with Crippen LogP contribution in [0.3, 0.4) is 0 Å². The second-order valence-electron chi connectivity index (χ2n) is 4.33. The molecule has 0 aromatic heterocycles. The summed E-state index contributed by atoms with van der Waals surface area (Å²) in [6.07, 6.45) is 0. The van der Waals surface area contributed by atoms with E-state index in [1.807, 2.05) is 6.07 Å². The van der Waals surface area contributed by atoms with E-state index in [0.29, 0.717) is 4.31 Å². The van der Waals surface area contributed by atoms with Gasteiger partial charge in [-0.15, -0.1) is 0 Å². The summed E-state index contributed by atoms with van der Waals surface area (Å²) in [4.78, 5) is -0.990. The predicted molar refractivity (Wildman–Crippen MR) is 73.1 cm³/mol. The SMILES string of the molecule is CN(c1cccc(C#N)c1)S(=O)(=O)c1cc(F)c(F)cc1F. The quantitative estimate of drug-likeness (QED) is 0.815. The molecule has 0 heterocycles. The van der Waals surface area contributed by atoms with Crippen molar-refractivity contribution in [2.75, 3.05) is 11.4 Å². The molecule has 0 spiro atoms. The maximum Gasteiger partial charge on any atom is 0.267 e. The molecule has 0 saturated carbocycles. The van der Waals surface area contributed by atoms with Gasteiger partial charge in [-0.3, -0.25) is 4.31 Å². The first-order valence-electron chi connectivity index (χ1n) is 5.91. The molecule has 0 bridgehead atoms. The standard InChI is InChI=1S/C14H9F3N2O2S/c1-19(10-4-2-3-9(5-10)8-18)22(20,21)14-7-12(16)11(15)6-13(14)17/h2-7H,1H3. The number of halogens is 3. The zero-order valence-electron chi connectivity index (χ0n) is 11.2. The fraction of sp³-hybridized carbons (Fsp3) is 0.0714. The van der Waals surface area contributed by atoms with Crippen LogP contribution in [0.4, 0.5) is 18.9 Å². The van der Waals surface area contributed by atoms with Crippen molar-refractivity contribution < 1.29 is 21.6 Å². The van der Waals surface area contributed by atoms with Gasteiger partial charge in [0.1, 0.15) is 10.7 Å². The summed E-state index contributed by atoms with van der Waals surface area (Å²) in [6.45, 7) is 0. The van der Waals surface area contributed by atoms with Gasteiger partial charge in [0.15, 0.2) is 11.6 Å². The molecule has 0 radical (unpaired) electrons. The third kappa shape index (κ3) is 2.76. The number of nitriles is 1. The molecule has 0 saturated heterocycles. The molecule has 8 heteroatoms. The lowest BCUT2D eigenvalue weighted by atomic mass is 10.2. The van der Waals surface area contributed by atoms with E-state index in [1.165, 1.54) is 24.3 Å². The van der Waals surface area contributed by atoms with Crippen molar-refractivity contribution in [1.82, 2.24) is 0 Å². The van der Waals surface area contributed by atoms with Crippen LogP contribution in [0.5, 0.6) is 0 Å². The van der Waals surface area contributed by atoms with Crippen molar-refractivity contribution in [3.63, 3.8) is 0 Å². The summed E-state index contributed by atoms with van der Waals surface area (Å²) in [7, 11) is -3.33. The van der Waals surface area contributed by atoms with Crippen LogP contribution in [-0.2, 0) is 10.0 Å². The molecule has 0 amide bonds. The van der Waals surface area contributed by atoms with E-state index in [0.717, 1.165) is 7.05 Å². The van der Waals surface area contributed by atoms with Gasteiger partial charge >= 0.3 is 0 Å². The van der Waals surface area contributed by atoms with Gasteiger partial charge in [-0.05, 0) is 18.2 Å². The molecule has 0 N–H and O–H groups in total. The molecular formula is C14H9F3N2O2S. The highest BCUT2D eigenvalue weighted by molar-refractivity contribution is 7.92. The van der Waals surface area contributed by atoms with Crippen LogP contribution in [0.1, 0.15) is 5.56 Å². The molecule has 114 valence electrons. The maximum absolute atomic E-state index is 13.7. The molecule has 0 fully saturated rings. The van der Waals surface area contributed by atoms with Crippen molar-refractivity contribution in [1.29, 1.82) is 5.26 Å². The molecule has 4 nitrogen and oxygen atoms in total. The average Bonchev–Trinajstić information content (AvgIpc) is 2.50. The Kier molecular flexibility index (Phi) is 4.10. The summed E-state index contributed by atoms with van der Waals surface area (Å²) in [5.41, 5.74) is 0.286. The number of hydrogen-bond acceptors (Lipinski definition) is 3. The van der Waals surface area contributed by atoms with Gasteiger partial charge in [-0.2, -0.15) is 5.26 Å². The minimum atomic E-state index is -4.44. The third-order valence-corrected chi connectivity index (χ3v) is 4.75. The van der Waals surface area contributed by atoms with Crippen molar-refractivity contribution in [3.05, 3.63) is 59.4 Å². The molecule has 2 rings (SSSR count). The number of sulfonamides is 1. The Morgan fingerprint density at radius 2 is 1.68 bits per heavy atom. The fourth-order valence-electron chi connectivity index (χ4n) is 1.76. The van der Waals surface area contributed by atoms with Crippen LogP contribution in [0.15, 0.2) is 41.3 Å². The van der Waals surface area contributed by atoms with Crippen LogP contribution in [0.2, 0.25) is 0 Å². The number of rotatable bonds is 3. The normalized spacial score (nSPS) is 11.0. The van der Waals surface area contributed by atoms with Gasteiger partial charge in [0, 0.05) is 19.2 Å². The Morgan fingerprint density at radius 1 is 1.05 bits per heavy atom. The molecule has 0 aliphatic carbocycles. The molecule has 22 heavy (non-hydrogen) atoms. The lowest BCUT2D eigenvalue weighted by Crippen LogP contribution is -2.27. The van der Waals surface area contributed by atoms with E-state index in [9.17, 15) is 21.6 Å². The van der Waals surface area contributed by atoms with Crippen molar-refractivity contribution in [3.8, 4) is 6.07 Å². The van der Waals surface area contributed by atoms with E-state index >= 15 is 0 Å². The summed E-state index contributed by atoms with van der Waals surface area (Å²) in [5, 5.41) is 8.81. The van der Waals surface area contributed by atoms with Crippen LogP contribution in [0, 0.1) is 28.8 Å². The van der Waals surface area contributed by atoms with Gasteiger partial charge in [0.2, 0.25) is 0 Å². The first kappa shape index (κ1) is 15.9. The lowest BCUT2D eigenvalue weighted by Gasteiger charge is -2.20. The monoisotopic (exact) mass is 326 g/mol. The number of nitrogens with zero attached hydrogens (tertiary/aromatic N) is 2. The first-order chi connectivity index (χ1) is 10.3. The van der Waals surface area contributed by atoms with Gasteiger partial charge < -0.3 is 0 Å². The van der Waals surface area contributed by atoms with Gasteiger partial charge in [-0.1, -0.05) is 6.07 Å². The molecule has 0 unspecified atom stereocenters. The lowest BCUT2D eigenvalue weighted by molar-refractivity contribution is 0.482. The molecular weight excluding hydrogens is 317 g/mol. The number of benzene rings is 2. The maximum atomic E-state index is 13.7. The summed E-state index contributed by atoms with van der Waals surface area (Å²) < 4.78 is 65.1. The van der Waals surface area contributed by atoms with Crippen molar-refractivity contribution >= 4 is 15.7 Å². The van der Waals surface area contributed by atoms with Crippen LogP contribution < -0.4 is 4.31 Å². The fourth-order valence-corrected chi connectivity index (χ4v) is 3.00. The molecule has 0 aliphatic rings. The topological polar surface area (TPSA) is 61.2 Å². The van der Waals surface area contributed by atoms with E-state index in [1.54, 1.807) is 0 Å². The zero-order chi connectivity index (χ0) is 16.5. The second-order valence-corrected chi connectivity index (χ2v) is 6.27. The van der Waals surface area contributed by atoms with E-state index in [-0.39, 0.29) is 23.4 Å². The summed E-state index contributed by atoms with van der Waals surface area (Å²) >= 11 is 0. The third-order valence-electron chi connectivity index (χ3n) is 2.95. The summed E-state index contributed by atoms with van der Waals surface area (Å²) in [6, 6.07) is 7.85. The molecule has 2 aromatic carbocycles. The van der Waals surface area contributed by atoms with Crippen LogP contribution in [-0.4, -0.2) is 15.5 Å². The van der Waals surface area contributed by atoms with Gasteiger partial charge in [0.05, 0.1) is 17.3 Å². The van der Waals surface area contributed by atoms with Crippen molar-refractivity contribution in [2.24, 2.45) is 0 Å². The second kappa shape index (κ2) is 5.69. The highest BCUT2D eigenvalue weighted by atomic mass is 32.2. The molecule has 2 aromatic rings. The predicted octanol–water partition coefficient (Wildman–Crippen LogP) is 2.80. The molecule has 0 aliphatic heterocycles. The number of anilines is 1. The molecule has 0 atom stereocenters. The largest absolute Gasteiger partial charge is 0.269 e. The number of hydrogen-bond donors (Lipinski definition) is 0. The van der Waals surface area contributed by atoms with Crippen LogP contribution in [0.25, 0.3) is 0 Å². The van der Waals surface area contributed by atoms with E-state index in [4.69, 9.17) is 5.26 Å². The summed E-state index contributed by atoms with van der Waals surface area (Å²) in [5.74, 6) is -4.35. The Bertz CT molecular complexity index is 876. The Balaban J connectivity index is 2.55. The minimum absolute atomic E-state index is 0.0863. The highest BCUT2D eigenvalue weighted by Gasteiger charge is 2.27. The van der Waals surface area contributed by atoms with Crippen LogP contribution >= 0.6 is 0 Å². The van der Waals surface area contributed by atoms with E-state index in [2.05, 4.69) is 0 Å². The van der Waals surface area contributed by atoms with Gasteiger partial charge in [-0.25, -0.2) is 21.6 Å². The highest BCUT2D eigenvalue weighted by Crippen LogP contribution is 2.26. The Morgan fingerprint density at radius 3 is 2.32 bits per heavy atom. The average molecular weight is 326 g/mol.